The number of methoxy groups -OCH3 is 1. The molecule has 1 aliphatic rings. The first-order valence-corrected chi connectivity index (χ1v) is 6.37. The fourth-order valence-corrected chi connectivity index (χ4v) is 2.98. The Labute approximate surface area is 98.8 Å². The van der Waals surface area contributed by atoms with Gasteiger partial charge in [-0.3, -0.25) is 0 Å². The molecule has 0 N–H and O–H groups in total. The molecule has 0 radical (unpaired) electrons. The van der Waals surface area contributed by atoms with Crippen molar-refractivity contribution in [2.45, 2.75) is 51.9 Å². The summed E-state index contributed by atoms with van der Waals surface area (Å²) in [5.41, 5.74) is 4.08. The summed E-state index contributed by atoms with van der Waals surface area (Å²) in [5, 5.41) is 0. The molecule has 1 aromatic carbocycles. The van der Waals surface area contributed by atoms with Crippen LogP contribution in [0.25, 0.3) is 0 Å². The van der Waals surface area contributed by atoms with Crippen LogP contribution in [-0.2, 0) is 0 Å². The minimum absolute atomic E-state index is 0.724. The molecular formula is C15H22O. The maximum atomic E-state index is 5.58. The molecule has 0 aliphatic heterocycles. The summed E-state index contributed by atoms with van der Waals surface area (Å²) in [7, 11) is 1.80. The molecule has 1 heteroatoms. The average Bonchev–Trinajstić information content (AvgIpc) is 2.29. The zero-order valence-corrected chi connectivity index (χ0v) is 10.7. The van der Waals surface area contributed by atoms with E-state index in [9.17, 15) is 0 Å². The van der Waals surface area contributed by atoms with Crippen LogP contribution >= 0.6 is 0 Å². The van der Waals surface area contributed by atoms with Gasteiger partial charge in [0.25, 0.3) is 0 Å². The van der Waals surface area contributed by atoms with Crippen LogP contribution in [0.5, 0.6) is 5.75 Å². The van der Waals surface area contributed by atoms with E-state index in [4.69, 9.17) is 4.74 Å². The lowest BCUT2D eigenvalue weighted by Gasteiger charge is -2.25. The van der Waals surface area contributed by atoms with Crippen LogP contribution in [0.1, 0.15) is 54.7 Å². The topological polar surface area (TPSA) is 9.23 Å². The monoisotopic (exact) mass is 218 g/mol. The Kier molecular flexibility index (Phi) is 3.52. The van der Waals surface area contributed by atoms with E-state index in [0.717, 1.165) is 11.7 Å². The zero-order chi connectivity index (χ0) is 11.5. The summed E-state index contributed by atoms with van der Waals surface area (Å²) in [6.07, 6.45) is 6.82. The zero-order valence-electron chi connectivity index (χ0n) is 10.7. The Bertz CT molecular complexity index is 362. The van der Waals surface area contributed by atoms with Crippen LogP contribution in [0.15, 0.2) is 12.1 Å². The lowest BCUT2D eigenvalue weighted by atomic mass is 9.82. The summed E-state index contributed by atoms with van der Waals surface area (Å²) in [5.74, 6) is 1.85. The summed E-state index contributed by atoms with van der Waals surface area (Å²) < 4.78 is 5.58. The molecular weight excluding hydrogens is 196 g/mol. The van der Waals surface area contributed by atoms with Gasteiger partial charge >= 0.3 is 0 Å². The van der Waals surface area contributed by atoms with Crippen molar-refractivity contribution < 1.29 is 4.74 Å². The summed E-state index contributed by atoms with van der Waals surface area (Å²) >= 11 is 0. The molecule has 0 heterocycles. The highest BCUT2D eigenvalue weighted by atomic mass is 16.5. The molecule has 2 rings (SSSR count). The smallest absolute Gasteiger partial charge is 0.125 e. The number of rotatable bonds is 2. The highest BCUT2D eigenvalue weighted by Crippen LogP contribution is 2.39. The van der Waals surface area contributed by atoms with Crippen molar-refractivity contribution in [3.63, 3.8) is 0 Å². The second-order valence-electron chi connectivity index (χ2n) is 5.04. The van der Waals surface area contributed by atoms with E-state index >= 15 is 0 Å². The third-order valence-corrected chi connectivity index (χ3v) is 3.70. The van der Waals surface area contributed by atoms with Gasteiger partial charge in [0, 0.05) is 0 Å². The molecule has 0 spiro atoms. The van der Waals surface area contributed by atoms with E-state index in [1.165, 1.54) is 48.8 Å². The fourth-order valence-electron chi connectivity index (χ4n) is 2.98. The first-order valence-electron chi connectivity index (χ1n) is 6.37. The van der Waals surface area contributed by atoms with Crippen molar-refractivity contribution in [3.8, 4) is 5.75 Å². The van der Waals surface area contributed by atoms with Crippen molar-refractivity contribution in [2.24, 2.45) is 0 Å². The Morgan fingerprint density at radius 1 is 1.06 bits per heavy atom. The predicted molar refractivity (Wildman–Crippen MR) is 68.3 cm³/mol. The van der Waals surface area contributed by atoms with Gasteiger partial charge in [0.15, 0.2) is 0 Å². The van der Waals surface area contributed by atoms with Crippen molar-refractivity contribution in [3.05, 3.63) is 28.8 Å². The quantitative estimate of drug-likeness (QED) is 0.716. The largest absolute Gasteiger partial charge is 0.496 e. The highest BCUT2D eigenvalue weighted by Gasteiger charge is 2.20. The normalized spacial score (nSPS) is 17.4. The van der Waals surface area contributed by atoms with E-state index in [1.807, 2.05) is 0 Å². The minimum Gasteiger partial charge on any atom is -0.496 e. The second kappa shape index (κ2) is 4.90. The van der Waals surface area contributed by atoms with Crippen molar-refractivity contribution in [1.29, 1.82) is 0 Å². The first kappa shape index (κ1) is 11.5. The van der Waals surface area contributed by atoms with Crippen molar-refractivity contribution >= 4 is 0 Å². The number of ether oxygens (including phenoxy) is 1. The van der Waals surface area contributed by atoms with Crippen LogP contribution in [0.3, 0.4) is 0 Å². The summed E-state index contributed by atoms with van der Waals surface area (Å²) in [6.45, 7) is 4.33. The molecule has 1 aromatic rings. The van der Waals surface area contributed by atoms with Gasteiger partial charge in [0.2, 0.25) is 0 Å². The maximum absolute atomic E-state index is 5.58. The van der Waals surface area contributed by atoms with E-state index in [2.05, 4.69) is 26.0 Å². The first-order chi connectivity index (χ1) is 7.72. The summed E-state index contributed by atoms with van der Waals surface area (Å²) in [4.78, 5) is 0. The Morgan fingerprint density at radius 2 is 1.75 bits per heavy atom. The van der Waals surface area contributed by atoms with Crippen LogP contribution in [0.2, 0.25) is 0 Å². The lowest BCUT2D eigenvalue weighted by Crippen LogP contribution is -2.07. The standard InChI is InChI=1S/C15H22O/c1-11-9-12(2)15(16-3)14(10-11)13-7-5-4-6-8-13/h9-10,13H,4-8H2,1-3H3. The number of hydrogen-bond acceptors (Lipinski definition) is 1. The molecule has 1 fully saturated rings. The van der Waals surface area contributed by atoms with Crippen LogP contribution in [0, 0.1) is 13.8 Å². The van der Waals surface area contributed by atoms with Crippen LogP contribution in [-0.4, -0.2) is 7.11 Å². The van der Waals surface area contributed by atoms with Gasteiger partial charge in [-0.05, 0) is 43.7 Å². The SMILES string of the molecule is COc1c(C)cc(C)cc1C1CCCCC1. The molecule has 0 atom stereocenters. The van der Waals surface area contributed by atoms with Crippen molar-refractivity contribution in [1.82, 2.24) is 0 Å². The second-order valence-corrected chi connectivity index (χ2v) is 5.04. The van der Waals surface area contributed by atoms with E-state index < -0.39 is 0 Å². The predicted octanol–water partition coefficient (Wildman–Crippen LogP) is 4.36. The van der Waals surface area contributed by atoms with E-state index in [-0.39, 0.29) is 0 Å². The Hall–Kier alpha value is -0.980. The van der Waals surface area contributed by atoms with Crippen LogP contribution < -0.4 is 4.74 Å². The van der Waals surface area contributed by atoms with E-state index in [0.29, 0.717) is 0 Å². The molecule has 0 saturated heterocycles. The van der Waals surface area contributed by atoms with Gasteiger partial charge in [0.05, 0.1) is 7.11 Å². The number of benzene rings is 1. The van der Waals surface area contributed by atoms with Crippen LogP contribution in [0.4, 0.5) is 0 Å². The Balaban J connectivity index is 2.36. The maximum Gasteiger partial charge on any atom is 0.125 e. The highest BCUT2D eigenvalue weighted by molar-refractivity contribution is 5.45. The van der Waals surface area contributed by atoms with Gasteiger partial charge in [-0.25, -0.2) is 0 Å². The molecule has 16 heavy (non-hydrogen) atoms. The summed E-state index contributed by atoms with van der Waals surface area (Å²) in [6, 6.07) is 4.53. The van der Waals surface area contributed by atoms with Gasteiger partial charge in [-0.1, -0.05) is 37.0 Å². The lowest BCUT2D eigenvalue weighted by molar-refractivity contribution is 0.384. The molecule has 88 valence electrons. The number of hydrogen-bond donors (Lipinski definition) is 0. The molecule has 1 nitrogen and oxygen atoms in total. The van der Waals surface area contributed by atoms with E-state index in [1.54, 1.807) is 7.11 Å². The minimum atomic E-state index is 0.724. The molecule has 0 bridgehead atoms. The van der Waals surface area contributed by atoms with Gasteiger partial charge < -0.3 is 4.74 Å². The molecule has 0 unspecified atom stereocenters. The fraction of sp³-hybridized carbons (Fsp3) is 0.600. The third kappa shape index (κ3) is 2.23. The van der Waals surface area contributed by atoms with Gasteiger partial charge in [-0.2, -0.15) is 0 Å². The average molecular weight is 218 g/mol. The molecule has 0 amide bonds. The third-order valence-electron chi connectivity index (χ3n) is 3.70. The van der Waals surface area contributed by atoms with Crippen molar-refractivity contribution in [2.75, 3.05) is 7.11 Å². The van der Waals surface area contributed by atoms with Gasteiger partial charge in [0.1, 0.15) is 5.75 Å². The number of aryl methyl sites for hydroxylation is 2. The Morgan fingerprint density at radius 3 is 2.38 bits per heavy atom. The molecule has 1 saturated carbocycles. The van der Waals surface area contributed by atoms with Gasteiger partial charge in [-0.15, -0.1) is 0 Å². The molecule has 0 aromatic heterocycles. The molecule has 1 aliphatic carbocycles.